The molecule has 1 unspecified atom stereocenters. The fourth-order valence-corrected chi connectivity index (χ4v) is 2.72. The lowest BCUT2D eigenvalue weighted by Crippen LogP contribution is -2.44. The number of sulfonamides is 1. The van der Waals surface area contributed by atoms with E-state index in [9.17, 15) is 18.0 Å². The molecule has 0 bridgehead atoms. The topological polar surface area (TPSA) is 114 Å². The maximum Gasteiger partial charge on any atom is 0.261 e. The maximum atomic E-state index is 12.2. The largest absolute Gasteiger partial charge is 0.326 e. The van der Waals surface area contributed by atoms with Crippen LogP contribution in [0.1, 0.15) is 13.8 Å². The smallest absolute Gasteiger partial charge is 0.261 e. The number of nitrogens with one attached hydrogen (secondary N) is 3. The summed E-state index contributed by atoms with van der Waals surface area (Å²) in [5.41, 5.74) is 2.50. The van der Waals surface area contributed by atoms with Crippen LogP contribution < -0.4 is 15.5 Å². The first kappa shape index (κ1) is 18.6. The number of hydrogen-bond donors (Lipinski definition) is 3. The summed E-state index contributed by atoms with van der Waals surface area (Å²) in [7, 11) is -3.90. The first-order chi connectivity index (χ1) is 10.8. The Hall–Kier alpha value is -2.41. The third kappa shape index (κ3) is 6.07. The van der Waals surface area contributed by atoms with E-state index in [4.69, 9.17) is 6.42 Å². The highest BCUT2D eigenvalue weighted by atomic mass is 32.2. The standard InChI is InChI=1S/C14H17N3O5S/c1-4-9-22-16-14(19)10(2)17-23(20,21)13-7-5-12(6-8-13)15-11(3)18/h1,5-8,10,17H,9H2,2-3H3,(H,15,18)(H,16,19). The van der Waals surface area contributed by atoms with Gasteiger partial charge in [0, 0.05) is 12.6 Å². The number of hydroxylamine groups is 1. The average molecular weight is 339 g/mol. The van der Waals surface area contributed by atoms with Crippen molar-refractivity contribution in [2.24, 2.45) is 0 Å². The summed E-state index contributed by atoms with van der Waals surface area (Å²) in [5.74, 6) is 1.20. The van der Waals surface area contributed by atoms with Crippen LogP contribution in [0, 0.1) is 12.3 Å². The van der Waals surface area contributed by atoms with Crippen molar-refractivity contribution in [1.82, 2.24) is 10.2 Å². The monoisotopic (exact) mass is 339 g/mol. The third-order valence-corrected chi connectivity index (χ3v) is 4.10. The van der Waals surface area contributed by atoms with Gasteiger partial charge in [-0.05, 0) is 31.2 Å². The second kappa shape index (κ2) is 8.28. The van der Waals surface area contributed by atoms with Crippen LogP contribution in [0.3, 0.4) is 0 Å². The summed E-state index contributed by atoms with van der Waals surface area (Å²) in [6.07, 6.45) is 4.95. The molecular formula is C14H17N3O5S. The summed E-state index contributed by atoms with van der Waals surface area (Å²) in [4.78, 5) is 27.1. The lowest BCUT2D eigenvalue weighted by Gasteiger charge is -2.14. The Labute approximate surface area is 134 Å². The first-order valence-electron chi connectivity index (χ1n) is 6.51. The minimum Gasteiger partial charge on any atom is -0.326 e. The van der Waals surface area contributed by atoms with E-state index in [2.05, 4.69) is 20.8 Å². The van der Waals surface area contributed by atoms with Gasteiger partial charge >= 0.3 is 0 Å². The average Bonchev–Trinajstić information content (AvgIpc) is 2.46. The van der Waals surface area contributed by atoms with Crippen LogP contribution in [0.5, 0.6) is 0 Å². The molecule has 0 fully saturated rings. The number of hydrogen-bond acceptors (Lipinski definition) is 5. The van der Waals surface area contributed by atoms with Crippen LogP contribution in [0.25, 0.3) is 0 Å². The number of benzene rings is 1. The summed E-state index contributed by atoms with van der Waals surface area (Å²) in [6, 6.07) is 4.45. The minimum atomic E-state index is -3.90. The quantitative estimate of drug-likeness (QED) is 0.367. The summed E-state index contributed by atoms with van der Waals surface area (Å²) < 4.78 is 26.5. The van der Waals surface area contributed by atoms with E-state index >= 15 is 0 Å². The van der Waals surface area contributed by atoms with Gasteiger partial charge in [0.1, 0.15) is 12.6 Å². The molecule has 0 radical (unpaired) electrons. The lowest BCUT2D eigenvalue weighted by molar-refractivity contribution is -0.133. The van der Waals surface area contributed by atoms with E-state index < -0.39 is 22.0 Å². The number of terminal acetylenes is 1. The van der Waals surface area contributed by atoms with Crippen molar-refractivity contribution in [3.05, 3.63) is 24.3 Å². The van der Waals surface area contributed by atoms with Crippen molar-refractivity contribution in [3.8, 4) is 12.3 Å². The van der Waals surface area contributed by atoms with Crippen molar-refractivity contribution in [2.75, 3.05) is 11.9 Å². The van der Waals surface area contributed by atoms with Gasteiger partial charge in [0.25, 0.3) is 5.91 Å². The molecular weight excluding hydrogens is 322 g/mol. The second-order valence-corrected chi connectivity index (χ2v) is 6.22. The molecule has 2 amide bonds. The molecule has 9 heteroatoms. The normalized spacial score (nSPS) is 12.0. The van der Waals surface area contributed by atoms with Crippen molar-refractivity contribution < 1.29 is 22.8 Å². The number of rotatable bonds is 7. The second-order valence-electron chi connectivity index (χ2n) is 4.51. The Bertz CT molecular complexity index is 707. The molecule has 23 heavy (non-hydrogen) atoms. The zero-order valence-electron chi connectivity index (χ0n) is 12.6. The van der Waals surface area contributed by atoms with Crippen LogP contribution in [0.4, 0.5) is 5.69 Å². The first-order valence-corrected chi connectivity index (χ1v) is 7.99. The van der Waals surface area contributed by atoms with Gasteiger partial charge in [0.2, 0.25) is 15.9 Å². The summed E-state index contributed by atoms with van der Waals surface area (Å²) >= 11 is 0. The van der Waals surface area contributed by atoms with Gasteiger partial charge in [-0.15, -0.1) is 6.42 Å². The molecule has 0 heterocycles. The third-order valence-electron chi connectivity index (χ3n) is 2.54. The minimum absolute atomic E-state index is 0.0456. The van der Waals surface area contributed by atoms with Gasteiger partial charge in [-0.25, -0.2) is 13.9 Å². The van der Waals surface area contributed by atoms with Crippen molar-refractivity contribution in [1.29, 1.82) is 0 Å². The van der Waals surface area contributed by atoms with Crippen LogP contribution in [-0.2, 0) is 24.4 Å². The summed E-state index contributed by atoms with van der Waals surface area (Å²) in [6.45, 7) is 2.57. The zero-order chi connectivity index (χ0) is 17.5. The van der Waals surface area contributed by atoms with Crippen LogP contribution in [-0.4, -0.2) is 32.9 Å². The van der Waals surface area contributed by atoms with Gasteiger partial charge in [0.15, 0.2) is 0 Å². The van der Waals surface area contributed by atoms with Crippen molar-refractivity contribution in [2.45, 2.75) is 24.8 Å². The molecule has 124 valence electrons. The van der Waals surface area contributed by atoms with Gasteiger partial charge in [0.05, 0.1) is 4.90 Å². The Kier molecular flexibility index (Phi) is 6.71. The van der Waals surface area contributed by atoms with Gasteiger partial charge in [-0.2, -0.15) is 4.72 Å². The molecule has 0 aromatic heterocycles. The number of carbonyl (C=O) groups is 2. The van der Waals surface area contributed by atoms with Crippen LogP contribution >= 0.6 is 0 Å². The molecule has 0 spiro atoms. The number of carbonyl (C=O) groups excluding carboxylic acids is 2. The molecule has 1 aromatic carbocycles. The molecule has 1 aromatic rings. The molecule has 3 N–H and O–H groups in total. The fourth-order valence-electron chi connectivity index (χ4n) is 1.51. The lowest BCUT2D eigenvalue weighted by atomic mass is 10.3. The van der Waals surface area contributed by atoms with E-state index in [1.54, 1.807) is 0 Å². The Morgan fingerprint density at radius 1 is 1.30 bits per heavy atom. The van der Waals surface area contributed by atoms with E-state index in [-0.39, 0.29) is 17.4 Å². The summed E-state index contributed by atoms with van der Waals surface area (Å²) in [5, 5.41) is 2.52. The zero-order valence-corrected chi connectivity index (χ0v) is 13.4. The van der Waals surface area contributed by atoms with Crippen LogP contribution in [0.2, 0.25) is 0 Å². The van der Waals surface area contributed by atoms with Crippen LogP contribution in [0.15, 0.2) is 29.2 Å². The molecule has 0 aliphatic rings. The van der Waals surface area contributed by atoms with E-state index in [1.165, 1.54) is 38.1 Å². The van der Waals surface area contributed by atoms with Crippen molar-refractivity contribution >= 4 is 27.5 Å². The number of anilines is 1. The molecule has 0 aliphatic heterocycles. The molecule has 0 saturated carbocycles. The van der Waals surface area contributed by atoms with E-state index in [0.29, 0.717) is 5.69 Å². The molecule has 0 saturated heterocycles. The Balaban J connectivity index is 2.73. The molecule has 1 rings (SSSR count). The maximum absolute atomic E-state index is 12.2. The molecule has 0 aliphatic carbocycles. The Morgan fingerprint density at radius 3 is 2.43 bits per heavy atom. The Morgan fingerprint density at radius 2 is 1.91 bits per heavy atom. The fraction of sp³-hybridized carbons (Fsp3) is 0.286. The molecule has 1 atom stereocenters. The van der Waals surface area contributed by atoms with E-state index in [0.717, 1.165) is 0 Å². The highest BCUT2D eigenvalue weighted by Crippen LogP contribution is 2.14. The predicted molar refractivity (Wildman–Crippen MR) is 83.5 cm³/mol. The van der Waals surface area contributed by atoms with Crippen molar-refractivity contribution in [3.63, 3.8) is 0 Å². The number of amides is 2. The van der Waals surface area contributed by atoms with Gasteiger partial charge in [-0.1, -0.05) is 5.92 Å². The van der Waals surface area contributed by atoms with E-state index in [1.807, 2.05) is 5.48 Å². The SMILES string of the molecule is C#CCONC(=O)C(C)NS(=O)(=O)c1ccc(NC(C)=O)cc1. The van der Waals surface area contributed by atoms with Gasteiger partial charge in [-0.3, -0.25) is 14.4 Å². The highest BCUT2D eigenvalue weighted by molar-refractivity contribution is 7.89. The molecule has 8 nitrogen and oxygen atoms in total. The van der Waals surface area contributed by atoms with Gasteiger partial charge < -0.3 is 5.32 Å². The predicted octanol–water partition coefficient (Wildman–Crippen LogP) is -0.00720. The highest BCUT2D eigenvalue weighted by Gasteiger charge is 2.22.